The smallest absolute Gasteiger partial charge is 0.0270 e. The first-order valence-corrected chi connectivity index (χ1v) is 5.80. The first kappa shape index (κ1) is 12.2. The first-order chi connectivity index (χ1) is 7.15. The highest BCUT2D eigenvalue weighted by Gasteiger charge is 2.16. The normalized spacial score (nSPS) is 17.1. The highest BCUT2D eigenvalue weighted by atomic mass is 14.7. The van der Waals surface area contributed by atoms with Crippen LogP contribution >= 0.6 is 0 Å². The summed E-state index contributed by atoms with van der Waals surface area (Å²) in [6, 6.07) is 4.37. The van der Waals surface area contributed by atoms with Gasteiger partial charge in [0, 0.05) is 18.4 Å². The highest BCUT2D eigenvalue weighted by molar-refractivity contribution is 5.16. The van der Waals surface area contributed by atoms with Crippen LogP contribution in [-0.2, 0) is 0 Å². The van der Waals surface area contributed by atoms with Gasteiger partial charge in [0.1, 0.15) is 0 Å². The maximum Gasteiger partial charge on any atom is 0.0270 e. The molecule has 2 N–H and O–H groups in total. The van der Waals surface area contributed by atoms with Crippen molar-refractivity contribution in [3.05, 3.63) is 30.1 Å². The van der Waals surface area contributed by atoms with Crippen LogP contribution in [0.1, 0.15) is 45.1 Å². The van der Waals surface area contributed by atoms with Gasteiger partial charge in [0.05, 0.1) is 0 Å². The van der Waals surface area contributed by atoms with Crippen molar-refractivity contribution in [2.24, 2.45) is 11.7 Å². The van der Waals surface area contributed by atoms with E-state index in [1.807, 2.05) is 12.4 Å². The fourth-order valence-electron chi connectivity index (χ4n) is 1.75. The van der Waals surface area contributed by atoms with E-state index in [2.05, 4.69) is 37.9 Å². The SMILES string of the molecule is CCC(C)CC(N)C(C)c1ccncc1. The Kier molecular flexibility index (Phi) is 4.76. The van der Waals surface area contributed by atoms with Gasteiger partial charge in [-0.3, -0.25) is 4.98 Å². The lowest BCUT2D eigenvalue weighted by molar-refractivity contribution is 0.417. The van der Waals surface area contributed by atoms with Crippen molar-refractivity contribution in [3.63, 3.8) is 0 Å². The number of nitrogens with two attached hydrogens (primary N) is 1. The summed E-state index contributed by atoms with van der Waals surface area (Å²) in [7, 11) is 0. The van der Waals surface area contributed by atoms with Gasteiger partial charge in [-0.25, -0.2) is 0 Å². The molecule has 3 unspecified atom stereocenters. The minimum Gasteiger partial charge on any atom is -0.327 e. The molecule has 2 heteroatoms. The Morgan fingerprint density at radius 1 is 1.27 bits per heavy atom. The van der Waals surface area contributed by atoms with Crippen LogP contribution in [-0.4, -0.2) is 11.0 Å². The van der Waals surface area contributed by atoms with Gasteiger partial charge in [0.2, 0.25) is 0 Å². The van der Waals surface area contributed by atoms with E-state index in [-0.39, 0.29) is 6.04 Å². The van der Waals surface area contributed by atoms with E-state index in [0.717, 1.165) is 6.42 Å². The van der Waals surface area contributed by atoms with Crippen molar-refractivity contribution in [1.29, 1.82) is 0 Å². The standard InChI is InChI=1S/C13H22N2/c1-4-10(2)9-13(14)11(3)12-5-7-15-8-6-12/h5-8,10-11,13H,4,9,14H2,1-3H3. The molecule has 0 aromatic carbocycles. The Morgan fingerprint density at radius 2 is 1.87 bits per heavy atom. The Bertz CT molecular complexity index is 271. The molecule has 0 fully saturated rings. The van der Waals surface area contributed by atoms with Gasteiger partial charge in [0.25, 0.3) is 0 Å². The predicted octanol–water partition coefficient (Wildman–Crippen LogP) is 2.95. The van der Waals surface area contributed by atoms with Crippen LogP contribution in [0.3, 0.4) is 0 Å². The van der Waals surface area contributed by atoms with E-state index in [1.54, 1.807) is 0 Å². The predicted molar refractivity (Wildman–Crippen MR) is 64.7 cm³/mol. The minimum atomic E-state index is 0.252. The van der Waals surface area contributed by atoms with Gasteiger partial charge in [0.15, 0.2) is 0 Å². The van der Waals surface area contributed by atoms with Gasteiger partial charge in [-0.15, -0.1) is 0 Å². The van der Waals surface area contributed by atoms with Crippen LogP contribution in [0, 0.1) is 5.92 Å². The molecular weight excluding hydrogens is 184 g/mol. The second kappa shape index (κ2) is 5.86. The van der Waals surface area contributed by atoms with Crippen molar-refractivity contribution in [3.8, 4) is 0 Å². The van der Waals surface area contributed by atoms with E-state index in [1.165, 1.54) is 12.0 Å². The number of hydrogen-bond donors (Lipinski definition) is 1. The van der Waals surface area contributed by atoms with Crippen LogP contribution in [0.15, 0.2) is 24.5 Å². The van der Waals surface area contributed by atoms with Crippen LogP contribution < -0.4 is 5.73 Å². The third-order valence-corrected chi connectivity index (χ3v) is 3.25. The molecule has 0 amide bonds. The van der Waals surface area contributed by atoms with Gasteiger partial charge >= 0.3 is 0 Å². The molecule has 0 aliphatic heterocycles. The van der Waals surface area contributed by atoms with Crippen molar-refractivity contribution < 1.29 is 0 Å². The maximum atomic E-state index is 6.21. The third kappa shape index (κ3) is 3.63. The minimum absolute atomic E-state index is 0.252. The zero-order valence-electron chi connectivity index (χ0n) is 9.98. The molecular formula is C13H22N2. The molecule has 1 aromatic rings. The molecule has 0 radical (unpaired) electrons. The molecule has 0 aliphatic carbocycles. The molecule has 0 saturated carbocycles. The highest BCUT2D eigenvalue weighted by Crippen LogP contribution is 2.22. The molecule has 84 valence electrons. The summed E-state index contributed by atoms with van der Waals surface area (Å²) in [5, 5.41) is 0. The van der Waals surface area contributed by atoms with Crippen LogP contribution in [0.25, 0.3) is 0 Å². The fraction of sp³-hybridized carbons (Fsp3) is 0.615. The molecule has 0 saturated heterocycles. The summed E-state index contributed by atoms with van der Waals surface area (Å²) in [5.74, 6) is 1.13. The number of aromatic nitrogens is 1. The second-order valence-corrected chi connectivity index (χ2v) is 4.48. The van der Waals surface area contributed by atoms with Gasteiger partial charge in [-0.05, 0) is 36.0 Å². The lowest BCUT2D eigenvalue weighted by Gasteiger charge is -2.22. The molecule has 2 nitrogen and oxygen atoms in total. The van der Waals surface area contributed by atoms with Gasteiger partial charge in [-0.2, -0.15) is 0 Å². The van der Waals surface area contributed by atoms with Crippen molar-refractivity contribution in [2.45, 2.75) is 45.6 Å². The van der Waals surface area contributed by atoms with E-state index in [4.69, 9.17) is 5.73 Å². The summed E-state index contributed by atoms with van der Waals surface area (Å²) < 4.78 is 0. The molecule has 15 heavy (non-hydrogen) atoms. The summed E-state index contributed by atoms with van der Waals surface area (Å²) in [6.45, 7) is 6.68. The van der Waals surface area contributed by atoms with Crippen molar-refractivity contribution >= 4 is 0 Å². The number of hydrogen-bond acceptors (Lipinski definition) is 2. The van der Waals surface area contributed by atoms with E-state index >= 15 is 0 Å². The average Bonchev–Trinajstić information content (AvgIpc) is 2.29. The van der Waals surface area contributed by atoms with E-state index in [9.17, 15) is 0 Å². The Labute approximate surface area is 92.9 Å². The summed E-state index contributed by atoms with van der Waals surface area (Å²) in [6.07, 6.45) is 5.97. The maximum absolute atomic E-state index is 6.21. The van der Waals surface area contributed by atoms with Crippen molar-refractivity contribution in [1.82, 2.24) is 4.98 Å². The Hall–Kier alpha value is -0.890. The zero-order chi connectivity index (χ0) is 11.3. The largest absolute Gasteiger partial charge is 0.327 e. The molecule has 1 heterocycles. The van der Waals surface area contributed by atoms with E-state index < -0.39 is 0 Å². The molecule has 3 atom stereocenters. The zero-order valence-corrected chi connectivity index (χ0v) is 9.98. The molecule has 0 spiro atoms. The molecule has 1 rings (SSSR count). The van der Waals surface area contributed by atoms with Crippen LogP contribution in [0.5, 0.6) is 0 Å². The topological polar surface area (TPSA) is 38.9 Å². The molecule has 0 aliphatic rings. The summed E-state index contributed by atoms with van der Waals surface area (Å²) >= 11 is 0. The lowest BCUT2D eigenvalue weighted by atomic mass is 9.88. The fourth-order valence-corrected chi connectivity index (χ4v) is 1.75. The number of pyridine rings is 1. The van der Waals surface area contributed by atoms with Crippen molar-refractivity contribution in [2.75, 3.05) is 0 Å². The monoisotopic (exact) mass is 206 g/mol. The van der Waals surface area contributed by atoms with Gasteiger partial charge < -0.3 is 5.73 Å². The van der Waals surface area contributed by atoms with Crippen LogP contribution in [0.2, 0.25) is 0 Å². The second-order valence-electron chi connectivity index (χ2n) is 4.48. The summed E-state index contributed by atoms with van der Waals surface area (Å²) in [5.41, 5.74) is 7.50. The number of nitrogens with zero attached hydrogens (tertiary/aromatic N) is 1. The Balaban J connectivity index is 2.57. The quantitative estimate of drug-likeness (QED) is 0.804. The average molecular weight is 206 g/mol. The van der Waals surface area contributed by atoms with Gasteiger partial charge in [-0.1, -0.05) is 27.2 Å². The van der Waals surface area contributed by atoms with Crippen LogP contribution in [0.4, 0.5) is 0 Å². The number of rotatable bonds is 5. The third-order valence-electron chi connectivity index (χ3n) is 3.25. The Morgan fingerprint density at radius 3 is 2.40 bits per heavy atom. The first-order valence-electron chi connectivity index (χ1n) is 5.80. The lowest BCUT2D eigenvalue weighted by Crippen LogP contribution is -2.28. The summed E-state index contributed by atoms with van der Waals surface area (Å²) in [4.78, 5) is 4.02. The molecule has 1 aromatic heterocycles. The van der Waals surface area contributed by atoms with E-state index in [0.29, 0.717) is 11.8 Å². The molecule has 0 bridgehead atoms.